The monoisotopic (exact) mass is 289 g/mol. The van der Waals surface area contributed by atoms with Crippen LogP contribution >= 0.6 is 0 Å². The van der Waals surface area contributed by atoms with E-state index in [1.807, 2.05) is 0 Å². The minimum atomic E-state index is -0.311. The molecule has 1 fully saturated rings. The Morgan fingerprint density at radius 1 is 1.48 bits per heavy atom. The second kappa shape index (κ2) is 6.78. The van der Waals surface area contributed by atoms with Gasteiger partial charge in [0.15, 0.2) is 0 Å². The van der Waals surface area contributed by atoms with Gasteiger partial charge in [0.2, 0.25) is 11.8 Å². The lowest BCUT2D eigenvalue weighted by molar-refractivity contribution is -0.128. The highest BCUT2D eigenvalue weighted by molar-refractivity contribution is 5.99. The molecule has 3 N–H and O–H groups in total. The highest BCUT2D eigenvalue weighted by Crippen LogP contribution is 2.22. The first-order valence-electron chi connectivity index (χ1n) is 6.83. The minimum Gasteiger partial charge on any atom is -0.492 e. The Kier molecular flexibility index (Phi) is 4.81. The van der Waals surface area contributed by atoms with E-state index in [-0.39, 0.29) is 11.8 Å². The molecule has 1 aromatic carbocycles. The molecule has 0 aliphatic carbocycles. The maximum absolute atomic E-state index is 11.5. The van der Waals surface area contributed by atoms with Crippen molar-refractivity contribution in [2.24, 2.45) is 0 Å². The topological polar surface area (TPSA) is 84.7 Å². The lowest BCUT2D eigenvalue weighted by Gasteiger charge is -2.16. The number of nitrogens with zero attached hydrogens (tertiary/aromatic N) is 1. The molecule has 0 aromatic heterocycles. The smallest absolute Gasteiger partial charge is 0.247 e. The first-order valence-corrected chi connectivity index (χ1v) is 6.83. The van der Waals surface area contributed by atoms with Crippen molar-refractivity contribution in [3.8, 4) is 5.75 Å². The van der Waals surface area contributed by atoms with Crippen LogP contribution in [0.1, 0.15) is 12.8 Å². The summed E-state index contributed by atoms with van der Waals surface area (Å²) in [5.41, 5.74) is 6.81. The third-order valence-corrected chi connectivity index (χ3v) is 3.18. The van der Waals surface area contributed by atoms with Gasteiger partial charge in [-0.2, -0.15) is 0 Å². The van der Waals surface area contributed by atoms with Crippen LogP contribution in [0.4, 0.5) is 11.4 Å². The van der Waals surface area contributed by atoms with Crippen LogP contribution in [0.15, 0.2) is 30.9 Å². The maximum Gasteiger partial charge on any atom is 0.247 e. The summed E-state index contributed by atoms with van der Waals surface area (Å²) in [7, 11) is 0. The normalized spacial score (nSPS) is 14.1. The lowest BCUT2D eigenvalue weighted by atomic mass is 10.2. The third kappa shape index (κ3) is 4.24. The number of nitrogen functional groups attached to an aromatic ring is 1. The number of carbonyl (C=O) groups is 2. The van der Waals surface area contributed by atoms with Crippen LogP contribution in [0.2, 0.25) is 0 Å². The fraction of sp³-hybridized carbons (Fsp3) is 0.333. The van der Waals surface area contributed by atoms with Gasteiger partial charge in [-0.1, -0.05) is 6.58 Å². The number of anilines is 2. The summed E-state index contributed by atoms with van der Waals surface area (Å²) in [6, 6.07) is 5.00. The molecule has 21 heavy (non-hydrogen) atoms. The van der Waals surface area contributed by atoms with Crippen molar-refractivity contribution in [2.45, 2.75) is 12.8 Å². The van der Waals surface area contributed by atoms with Crippen molar-refractivity contribution < 1.29 is 14.3 Å². The summed E-state index contributed by atoms with van der Waals surface area (Å²) in [5.74, 6) is 0.417. The van der Waals surface area contributed by atoms with E-state index in [4.69, 9.17) is 10.5 Å². The number of nitrogens with one attached hydrogen (secondary N) is 1. The number of likely N-dealkylation sites (tertiary alicyclic amines) is 1. The summed E-state index contributed by atoms with van der Waals surface area (Å²) in [6.45, 7) is 5.13. The highest BCUT2D eigenvalue weighted by atomic mass is 16.5. The van der Waals surface area contributed by atoms with Crippen LogP contribution in [0.5, 0.6) is 5.75 Å². The van der Waals surface area contributed by atoms with Crippen LogP contribution in [-0.2, 0) is 9.59 Å². The summed E-state index contributed by atoms with van der Waals surface area (Å²) < 4.78 is 5.60. The van der Waals surface area contributed by atoms with Crippen molar-refractivity contribution in [3.63, 3.8) is 0 Å². The zero-order chi connectivity index (χ0) is 15.2. The van der Waals surface area contributed by atoms with Crippen molar-refractivity contribution in [2.75, 3.05) is 30.7 Å². The number of rotatable bonds is 6. The second-order valence-electron chi connectivity index (χ2n) is 4.82. The van der Waals surface area contributed by atoms with Crippen LogP contribution in [0, 0.1) is 0 Å². The zero-order valence-electron chi connectivity index (χ0n) is 11.8. The molecule has 6 heteroatoms. The Balaban J connectivity index is 1.91. The lowest BCUT2D eigenvalue weighted by Crippen LogP contribution is -2.29. The zero-order valence-corrected chi connectivity index (χ0v) is 11.8. The molecule has 0 unspecified atom stereocenters. The molecule has 0 saturated carbocycles. The first-order chi connectivity index (χ1) is 10.1. The van der Waals surface area contributed by atoms with Gasteiger partial charge in [-0.05, 0) is 18.6 Å². The fourth-order valence-corrected chi connectivity index (χ4v) is 2.19. The maximum atomic E-state index is 11.5. The van der Waals surface area contributed by atoms with Gasteiger partial charge < -0.3 is 20.7 Å². The number of hydrogen-bond acceptors (Lipinski definition) is 4. The van der Waals surface area contributed by atoms with Crippen molar-refractivity contribution in [3.05, 3.63) is 30.9 Å². The van der Waals surface area contributed by atoms with E-state index in [2.05, 4.69) is 11.9 Å². The molecule has 1 heterocycles. The summed E-state index contributed by atoms with van der Waals surface area (Å²) >= 11 is 0. The molecule has 2 rings (SSSR count). The molecule has 0 atom stereocenters. The Labute approximate surface area is 123 Å². The van der Waals surface area contributed by atoms with Gasteiger partial charge in [0.1, 0.15) is 12.4 Å². The van der Waals surface area contributed by atoms with Crippen LogP contribution in [0.25, 0.3) is 0 Å². The van der Waals surface area contributed by atoms with Crippen LogP contribution in [0.3, 0.4) is 0 Å². The summed E-state index contributed by atoms with van der Waals surface area (Å²) in [5, 5.41) is 2.63. The Bertz CT molecular complexity index is 557. The standard InChI is InChI=1S/C15H19N3O3/c1-2-14(19)17-12-8-11(16)9-13(10-12)21-7-6-18-5-3-4-15(18)20/h2,8-10H,1,3-7,16H2,(H,17,19). The molecule has 0 bridgehead atoms. The predicted octanol–water partition coefficient (Wildman–Crippen LogP) is 1.39. The Hall–Kier alpha value is -2.50. The predicted molar refractivity (Wildman–Crippen MR) is 81.0 cm³/mol. The van der Waals surface area contributed by atoms with E-state index in [0.29, 0.717) is 36.7 Å². The first kappa shape index (κ1) is 14.9. The molecule has 0 spiro atoms. The second-order valence-corrected chi connectivity index (χ2v) is 4.82. The summed E-state index contributed by atoms with van der Waals surface area (Å²) in [4.78, 5) is 24.5. The third-order valence-electron chi connectivity index (χ3n) is 3.18. The number of hydrogen-bond donors (Lipinski definition) is 2. The fourth-order valence-electron chi connectivity index (χ4n) is 2.19. The van der Waals surface area contributed by atoms with Crippen LogP contribution < -0.4 is 15.8 Å². The molecule has 1 aliphatic rings. The number of amides is 2. The van der Waals surface area contributed by atoms with E-state index in [0.717, 1.165) is 13.0 Å². The molecule has 0 radical (unpaired) electrons. The van der Waals surface area contributed by atoms with Gasteiger partial charge >= 0.3 is 0 Å². The number of carbonyl (C=O) groups excluding carboxylic acids is 2. The highest BCUT2D eigenvalue weighted by Gasteiger charge is 2.19. The van der Waals surface area contributed by atoms with Crippen LogP contribution in [-0.4, -0.2) is 36.4 Å². The molecule has 1 saturated heterocycles. The molecular formula is C15H19N3O3. The van der Waals surface area contributed by atoms with Gasteiger partial charge in [0.25, 0.3) is 0 Å². The Morgan fingerprint density at radius 2 is 2.29 bits per heavy atom. The Morgan fingerprint density at radius 3 is 2.95 bits per heavy atom. The van der Waals surface area contributed by atoms with E-state index in [9.17, 15) is 9.59 Å². The average Bonchev–Trinajstić information content (AvgIpc) is 2.84. The van der Waals surface area contributed by atoms with E-state index in [1.165, 1.54) is 6.08 Å². The van der Waals surface area contributed by atoms with Gasteiger partial charge in [-0.25, -0.2) is 0 Å². The van der Waals surface area contributed by atoms with Crippen molar-refractivity contribution >= 4 is 23.2 Å². The average molecular weight is 289 g/mol. The van der Waals surface area contributed by atoms with E-state index >= 15 is 0 Å². The summed E-state index contributed by atoms with van der Waals surface area (Å²) in [6.07, 6.45) is 2.72. The van der Waals surface area contributed by atoms with Crippen molar-refractivity contribution in [1.82, 2.24) is 4.90 Å². The van der Waals surface area contributed by atoms with Gasteiger partial charge in [-0.15, -0.1) is 0 Å². The molecule has 6 nitrogen and oxygen atoms in total. The molecule has 112 valence electrons. The van der Waals surface area contributed by atoms with E-state index < -0.39 is 0 Å². The quantitative estimate of drug-likeness (QED) is 0.612. The minimum absolute atomic E-state index is 0.171. The SMILES string of the molecule is C=CC(=O)Nc1cc(N)cc(OCCN2CCCC2=O)c1. The van der Waals surface area contributed by atoms with Gasteiger partial charge in [0.05, 0.1) is 6.54 Å². The van der Waals surface area contributed by atoms with Gasteiger partial charge in [0, 0.05) is 36.5 Å². The molecule has 1 aliphatic heterocycles. The van der Waals surface area contributed by atoms with Crippen molar-refractivity contribution in [1.29, 1.82) is 0 Å². The number of ether oxygens (including phenoxy) is 1. The largest absolute Gasteiger partial charge is 0.492 e. The van der Waals surface area contributed by atoms with Gasteiger partial charge in [-0.3, -0.25) is 9.59 Å². The van der Waals surface area contributed by atoms with E-state index in [1.54, 1.807) is 23.1 Å². The molecule has 2 amide bonds. The number of nitrogens with two attached hydrogens (primary N) is 1. The molecule has 1 aromatic rings. The number of benzene rings is 1. The molecular weight excluding hydrogens is 270 g/mol.